The van der Waals surface area contributed by atoms with Gasteiger partial charge in [-0.3, -0.25) is 9.59 Å². The fourth-order valence-corrected chi connectivity index (χ4v) is 12.4. The molecule has 1 aliphatic rings. The number of hydrogen-bond acceptors (Lipinski definition) is 10. The van der Waals surface area contributed by atoms with Crippen LogP contribution in [-0.4, -0.2) is 100 Å². The number of aliphatic hydroxyl groups excluding tert-OH is 5. The third-order valence-corrected chi connectivity index (χ3v) is 18.5. The molecule has 0 bridgehead atoms. The summed E-state index contributed by atoms with van der Waals surface area (Å²) < 4.78 is 16.7. The van der Waals surface area contributed by atoms with Crippen molar-refractivity contribution < 1.29 is 49.3 Å². The van der Waals surface area contributed by atoms with Gasteiger partial charge in [-0.25, -0.2) is 0 Å². The summed E-state index contributed by atoms with van der Waals surface area (Å²) in [5, 5.41) is 54.4. The number of esters is 1. The van der Waals surface area contributed by atoms with Gasteiger partial charge in [0.05, 0.1) is 32.0 Å². The lowest BCUT2D eigenvalue weighted by atomic mass is 9.99. The molecule has 0 aromatic heterocycles. The molecule has 0 aromatic rings. The zero-order valence-electron chi connectivity index (χ0n) is 58.4. The SMILES string of the molecule is CCCCCC/C=C\C/C=C\CCCCCCCC(=O)OCCCCCCCCCCCCCCCCCCCCCCCCCCCCCCCCCCCCCC(=O)NC(COC1OC(CO)C(O)C(O)C1O)C(O)/C=C/CCCCCCCCCC. The molecule has 0 spiro atoms. The molecule has 11 nitrogen and oxygen atoms in total. The monoisotopic (exact) mass is 1260 g/mol. The lowest BCUT2D eigenvalue weighted by Crippen LogP contribution is -2.60. The van der Waals surface area contributed by atoms with E-state index in [1.807, 2.05) is 6.08 Å². The summed E-state index contributed by atoms with van der Waals surface area (Å²) in [4.78, 5) is 25.1. The van der Waals surface area contributed by atoms with Crippen molar-refractivity contribution in [2.45, 2.75) is 429 Å². The Hall–Kier alpha value is -2.12. The average molecular weight is 1260 g/mol. The summed E-state index contributed by atoms with van der Waals surface area (Å²) in [6, 6.07) is -0.805. The van der Waals surface area contributed by atoms with Crippen molar-refractivity contribution in [1.82, 2.24) is 5.32 Å². The van der Waals surface area contributed by atoms with Crippen molar-refractivity contribution in [3.63, 3.8) is 0 Å². The molecule has 1 rings (SSSR count). The highest BCUT2D eigenvalue weighted by atomic mass is 16.7. The van der Waals surface area contributed by atoms with E-state index >= 15 is 0 Å². The summed E-state index contributed by atoms with van der Waals surface area (Å²) in [7, 11) is 0. The molecule has 7 atom stereocenters. The molecule has 0 aromatic carbocycles. The van der Waals surface area contributed by atoms with Crippen LogP contribution in [0.2, 0.25) is 0 Å². The van der Waals surface area contributed by atoms with Crippen molar-refractivity contribution in [3.8, 4) is 0 Å². The number of carbonyl (C=O) groups excluding carboxylic acids is 2. The van der Waals surface area contributed by atoms with Gasteiger partial charge in [-0.05, 0) is 64.2 Å². The molecule has 0 aliphatic carbocycles. The van der Waals surface area contributed by atoms with Gasteiger partial charge in [-0.2, -0.15) is 0 Å². The van der Waals surface area contributed by atoms with E-state index in [1.54, 1.807) is 6.08 Å². The van der Waals surface area contributed by atoms with Crippen LogP contribution >= 0.6 is 0 Å². The fourth-order valence-electron chi connectivity index (χ4n) is 12.4. The van der Waals surface area contributed by atoms with Crippen LogP contribution in [0.1, 0.15) is 386 Å². The Bertz CT molecular complexity index is 1570. The zero-order chi connectivity index (χ0) is 64.4. The third kappa shape index (κ3) is 56.0. The summed E-state index contributed by atoms with van der Waals surface area (Å²) in [6.07, 6.45) is 77.5. The predicted octanol–water partition coefficient (Wildman–Crippen LogP) is 20.5. The van der Waals surface area contributed by atoms with E-state index in [9.17, 15) is 35.1 Å². The molecule has 524 valence electrons. The van der Waals surface area contributed by atoms with Gasteiger partial charge in [0, 0.05) is 12.8 Å². The molecule has 7 unspecified atom stereocenters. The Kier molecular flexibility index (Phi) is 64.2. The van der Waals surface area contributed by atoms with E-state index in [4.69, 9.17) is 14.2 Å². The standard InChI is InChI=1S/C78H147NO10/c1-3-5-7-9-11-13-15-16-17-40-43-46-50-54-58-62-66-74(83)87-67-63-59-55-51-47-44-41-38-36-34-32-30-28-26-24-22-20-18-19-21-23-25-27-29-31-33-35-37-39-42-45-49-53-57-61-65-73(82)79-70(69-88-78-77(86)76(85)75(84)72(68-80)89-78)71(81)64-60-56-52-48-14-12-10-8-6-4-2/h13,15,17,40,60,64,70-72,75-78,80-81,84-86H,3-12,14,16,18-39,41-59,61-63,65-69H2,1-2H3,(H,79,82)/b15-13-,40-17-,64-60+. The minimum Gasteiger partial charge on any atom is -0.466 e. The number of nitrogens with one attached hydrogen (secondary N) is 1. The largest absolute Gasteiger partial charge is 0.466 e. The number of carbonyl (C=O) groups is 2. The molecule has 1 amide bonds. The van der Waals surface area contributed by atoms with Crippen LogP contribution in [0.4, 0.5) is 0 Å². The van der Waals surface area contributed by atoms with Gasteiger partial charge in [-0.15, -0.1) is 0 Å². The van der Waals surface area contributed by atoms with Crippen LogP contribution in [0.25, 0.3) is 0 Å². The maximum absolute atomic E-state index is 13.0. The van der Waals surface area contributed by atoms with Crippen molar-refractivity contribution in [1.29, 1.82) is 0 Å². The topological polar surface area (TPSA) is 175 Å². The second-order valence-electron chi connectivity index (χ2n) is 27.1. The predicted molar refractivity (Wildman–Crippen MR) is 375 cm³/mol. The Morgan fingerprint density at radius 3 is 1.15 bits per heavy atom. The Morgan fingerprint density at radius 1 is 0.416 bits per heavy atom. The quantitative estimate of drug-likeness (QED) is 0.0195. The molecule has 11 heteroatoms. The molecule has 1 saturated heterocycles. The maximum Gasteiger partial charge on any atom is 0.305 e. The molecule has 1 fully saturated rings. The van der Waals surface area contributed by atoms with E-state index in [0.29, 0.717) is 19.4 Å². The van der Waals surface area contributed by atoms with Crippen LogP contribution in [0.15, 0.2) is 36.5 Å². The van der Waals surface area contributed by atoms with Gasteiger partial charge >= 0.3 is 5.97 Å². The van der Waals surface area contributed by atoms with Crippen LogP contribution in [0.3, 0.4) is 0 Å². The maximum atomic E-state index is 13.0. The normalized spacial score (nSPS) is 17.9. The lowest BCUT2D eigenvalue weighted by molar-refractivity contribution is -0.302. The van der Waals surface area contributed by atoms with E-state index in [-0.39, 0.29) is 18.5 Å². The minimum absolute atomic E-state index is 0.00284. The van der Waals surface area contributed by atoms with Gasteiger partial charge in [0.25, 0.3) is 0 Å². The smallest absolute Gasteiger partial charge is 0.305 e. The second kappa shape index (κ2) is 67.3. The Morgan fingerprint density at radius 2 is 0.753 bits per heavy atom. The van der Waals surface area contributed by atoms with Gasteiger partial charge in [0.2, 0.25) is 5.91 Å². The van der Waals surface area contributed by atoms with Crippen molar-refractivity contribution >= 4 is 11.9 Å². The number of aliphatic hydroxyl groups is 5. The van der Waals surface area contributed by atoms with Gasteiger partial charge in [0.15, 0.2) is 6.29 Å². The Labute approximate surface area is 549 Å². The van der Waals surface area contributed by atoms with Crippen LogP contribution < -0.4 is 5.32 Å². The first-order valence-corrected chi connectivity index (χ1v) is 38.8. The number of amides is 1. The number of allylic oxidation sites excluding steroid dienone is 5. The van der Waals surface area contributed by atoms with Crippen LogP contribution in [0.5, 0.6) is 0 Å². The summed E-state index contributed by atoms with van der Waals surface area (Å²) in [5.41, 5.74) is 0. The number of ether oxygens (including phenoxy) is 3. The molecule has 0 saturated carbocycles. The average Bonchev–Trinajstić information content (AvgIpc) is 1.94. The third-order valence-electron chi connectivity index (χ3n) is 18.5. The number of rotatable bonds is 69. The van der Waals surface area contributed by atoms with E-state index in [0.717, 1.165) is 64.2 Å². The number of unbranched alkanes of at least 4 members (excludes halogenated alkanes) is 51. The minimum atomic E-state index is -1.57. The summed E-state index contributed by atoms with van der Waals surface area (Å²) in [5.74, 6) is -0.173. The molecule has 6 N–H and O–H groups in total. The molecular weight excluding hydrogens is 1110 g/mol. The highest BCUT2D eigenvalue weighted by molar-refractivity contribution is 5.76. The zero-order valence-corrected chi connectivity index (χ0v) is 58.4. The molecule has 89 heavy (non-hydrogen) atoms. The highest BCUT2D eigenvalue weighted by Crippen LogP contribution is 2.24. The molecule has 1 aliphatic heterocycles. The van der Waals surface area contributed by atoms with E-state index in [1.165, 1.54) is 295 Å². The first-order chi connectivity index (χ1) is 43.7. The first-order valence-electron chi connectivity index (χ1n) is 38.8. The second-order valence-corrected chi connectivity index (χ2v) is 27.1. The van der Waals surface area contributed by atoms with Gasteiger partial charge in [0.1, 0.15) is 24.4 Å². The summed E-state index contributed by atoms with van der Waals surface area (Å²) >= 11 is 0. The number of hydrogen-bond donors (Lipinski definition) is 6. The van der Waals surface area contributed by atoms with Crippen LogP contribution in [-0.2, 0) is 23.8 Å². The van der Waals surface area contributed by atoms with E-state index < -0.39 is 49.5 Å². The van der Waals surface area contributed by atoms with Gasteiger partial charge in [-0.1, -0.05) is 346 Å². The molecule has 0 radical (unpaired) electrons. The fraction of sp³-hybridized carbons (Fsp3) is 0.897. The van der Waals surface area contributed by atoms with Crippen molar-refractivity contribution in [3.05, 3.63) is 36.5 Å². The molecule has 1 heterocycles. The van der Waals surface area contributed by atoms with Crippen LogP contribution in [0, 0.1) is 0 Å². The lowest BCUT2D eigenvalue weighted by Gasteiger charge is -2.40. The highest BCUT2D eigenvalue weighted by Gasteiger charge is 2.44. The molecular formula is C78H147NO10. The van der Waals surface area contributed by atoms with Crippen molar-refractivity contribution in [2.24, 2.45) is 0 Å². The van der Waals surface area contributed by atoms with E-state index in [2.05, 4.69) is 43.5 Å². The summed E-state index contributed by atoms with van der Waals surface area (Å²) in [6.45, 7) is 4.35. The van der Waals surface area contributed by atoms with Gasteiger partial charge < -0.3 is 45.1 Å². The van der Waals surface area contributed by atoms with Crippen molar-refractivity contribution in [2.75, 3.05) is 19.8 Å². The Balaban J connectivity index is 1.86. The first kappa shape index (κ1) is 84.9.